The molecule has 1 saturated carbocycles. The van der Waals surface area contributed by atoms with Crippen molar-refractivity contribution in [2.45, 2.75) is 64.0 Å². The molecule has 2 N–H and O–H groups in total. The van der Waals surface area contributed by atoms with Crippen LogP contribution in [0.25, 0.3) is 0 Å². The van der Waals surface area contributed by atoms with Crippen LogP contribution < -0.4 is 10.5 Å². The maximum Gasteiger partial charge on any atom is 0.216 e. The molecule has 0 aromatic carbocycles. The SMILES string of the molecule is CC(C)c1cc(OC2CCCCCC2N)ncn1. The molecule has 18 heavy (non-hydrogen) atoms. The molecule has 0 spiro atoms. The number of ether oxygens (including phenoxy) is 1. The minimum Gasteiger partial charge on any atom is -0.473 e. The van der Waals surface area contributed by atoms with Gasteiger partial charge in [0, 0.05) is 12.1 Å². The molecule has 1 aliphatic carbocycles. The molecule has 2 atom stereocenters. The molecule has 100 valence electrons. The van der Waals surface area contributed by atoms with E-state index < -0.39 is 0 Å². The Bertz CT molecular complexity index is 381. The van der Waals surface area contributed by atoms with Crippen molar-refractivity contribution in [1.82, 2.24) is 9.97 Å². The van der Waals surface area contributed by atoms with Gasteiger partial charge in [-0.15, -0.1) is 0 Å². The predicted molar refractivity (Wildman–Crippen MR) is 71.6 cm³/mol. The Balaban J connectivity index is 2.05. The Kier molecular flexibility index (Phi) is 4.53. The second kappa shape index (κ2) is 6.14. The van der Waals surface area contributed by atoms with Crippen LogP contribution in [-0.4, -0.2) is 22.1 Å². The van der Waals surface area contributed by atoms with Gasteiger partial charge in [0.15, 0.2) is 0 Å². The summed E-state index contributed by atoms with van der Waals surface area (Å²) in [5.74, 6) is 1.05. The Hall–Kier alpha value is -1.16. The summed E-state index contributed by atoms with van der Waals surface area (Å²) in [6.07, 6.45) is 7.42. The van der Waals surface area contributed by atoms with Crippen LogP contribution in [0.4, 0.5) is 0 Å². The molecule has 1 aromatic rings. The van der Waals surface area contributed by atoms with Crippen molar-refractivity contribution in [3.05, 3.63) is 18.1 Å². The van der Waals surface area contributed by atoms with E-state index in [2.05, 4.69) is 23.8 Å². The zero-order valence-electron chi connectivity index (χ0n) is 11.3. The molecular formula is C14H23N3O. The second-order valence-electron chi connectivity index (χ2n) is 5.39. The topological polar surface area (TPSA) is 61.0 Å². The summed E-state index contributed by atoms with van der Waals surface area (Å²) in [6.45, 7) is 4.23. The Morgan fingerprint density at radius 3 is 2.78 bits per heavy atom. The standard InChI is InChI=1S/C14H23N3O/c1-10(2)12-8-14(17-9-16-12)18-13-7-5-3-4-6-11(13)15/h8-11,13H,3-7,15H2,1-2H3. The van der Waals surface area contributed by atoms with E-state index in [0.717, 1.165) is 18.5 Å². The summed E-state index contributed by atoms with van der Waals surface area (Å²) in [7, 11) is 0. The quantitative estimate of drug-likeness (QED) is 0.837. The normalized spacial score (nSPS) is 24.9. The molecule has 0 saturated heterocycles. The van der Waals surface area contributed by atoms with Gasteiger partial charge < -0.3 is 10.5 Å². The summed E-state index contributed by atoms with van der Waals surface area (Å²) in [5.41, 5.74) is 7.17. The highest BCUT2D eigenvalue weighted by Gasteiger charge is 2.22. The van der Waals surface area contributed by atoms with Gasteiger partial charge in [0.2, 0.25) is 5.88 Å². The Morgan fingerprint density at radius 2 is 2.00 bits per heavy atom. The fraction of sp³-hybridized carbons (Fsp3) is 0.714. The van der Waals surface area contributed by atoms with Gasteiger partial charge in [-0.05, 0) is 25.2 Å². The fourth-order valence-corrected chi connectivity index (χ4v) is 2.34. The van der Waals surface area contributed by atoms with E-state index in [0.29, 0.717) is 11.8 Å². The van der Waals surface area contributed by atoms with E-state index >= 15 is 0 Å². The van der Waals surface area contributed by atoms with Crippen molar-refractivity contribution < 1.29 is 4.74 Å². The summed E-state index contributed by atoms with van der Waals surface area (Å²) in [4.78, 5) is 8.44. The first-order valence-electron chi connectivity index (χ1n) is 6.91. The Labute approximate surface area is 109 Å². The Morgan fingerprint density at radius 1 is 1.22 bits per heavy atom. The largest absolute Gasteiger partial charge is 0.473 e. The molecule has 1 heterocycles. The monoisotopic (exact) mass is 249 g/mol. The van der Waals surface area contributed by atoms with Crippen molar-refractivity contribution in [2.75, 3.05) is 0 Å². The van der Waals surface area contributed by atoms with Gasteiger partial charge in [-0.1, -0.05) is 26.7 Å². The maximum absolute atomic E-state index is 6.16. The van der Waals surface area contributed by atoms with Crippen LogP contribution in [0.3, 0.4) is 0 Å². The first-order chi connectivity index (χ1) is 8.66. The van der Waals surface area contributed by atoms with Gasteiger partial charge >= 0.3 is 0 Å². The molecule has 4 nitrogen and oxygen atoms in total. The molecule has 0 amide bonds. The molecule has 0 aliphatic heterocycles. The zero-order chi connectivity index (χ0) is 13.0. The third-order valence-electron chi connectivity index (χ3n) is 3.53. The van der Waals surface area contributed by atoms with Crippen LogP contribution >= 0.6 is 0 Å². The number of hydrogen-bond acceptors (Lipinski definition) is 4. The molecule has 0 bridgehead atoms. The highest BCUT2D eigenvalue weighted by Crippen LogP contribution is 2.22. The fourth-order valence-electron chi connectivity index (χ4n) is 2.34. The summed E-state index contributed by atoms with van der Waals surface area (Å²) in [5, 5.41) is 0. The highest BCUT2D eigenvalue weighted by atomic mass is 16.5. The molecule has 1 aromatic heterocycles. The van der Waals surface area contributed by atoms with E-state index in [1.54, 1.807) is 6.33 Å². The van der Waals surface area contributed by atoms with Crippen LogP contribution in [0.1, 0.15) is 57.6 Å². The van der Waals surface area contributed by atoms with Gasteiger partial charge in [-0.3, -0.25) is 0 Å². The van der Waals surface area contributed by atoms with Crippen LogP contribution in [0.5, 0.6) is 5.88 Å². The molecule has 2 unspecified atom stereocenters. The zero-order valence-corrected chi connectivity index (χ0v) is 11.3. The van der Waals surface area contributed by atoms with Gasteiger partial charge in [-0.25, -0.2) is 9.97 Å². The molecule has 4 heteroatoms. The summed E-state index contributed by atoms with van der Waals surface area (Å²) < 4.78 is 5.96. The third-order valence-corrected chi connectivity index (χ3v) is 3.53. The van der Waals surface area contributed by atoms with E-state index in [1.165, 1.54) is 19.3 Å². The van der Waals surface area contributed by atoms with E-state index in [9.17, 15) is 0 Å². The van der Waals surface area contributed by atoms with Crippen molar-refractivity contribution >= 4 is 0 Å². The number of nitrogens with two attached hydrogens (primary N) is 1. The molecule has 1 aliphatic rings. The average Bonchev–Trinajstić information content (AvgIpc) is 2.55. The number of hydrogen-bond donors (Lipinski definition) is 1. The highest BCUT2D eigenvalue weighted by molar-refractivity contribution is 5.16. The van der Waals surface area contributed by atoms with E-state index in [1.807, 2.05) is 6.07 Å². The first kappa shape index (κ1) is 13.3. The summed E-state index contributed by atoms with van der Waals surface area (Å²) in [6, 6.07) is 2.06. The lowest BCUT2D eigenvalue weighted by Crippen LogP contribution is -2.38. The number of rotatable bonds is 3. The van der Waals surface area contributed by atoms with E-state index in [-0.39, 0.29) is 12.1 Å². The van der Waals surface area contributed by atoms with Crippen molar-refractivity contribution in [3.63, 3.8) is 0 Å². The van der Waals surface area contributed by atoms with Crippen molar-refractivity contribution in [1.29, 1.82) is 0 Å². The van der Waals surface area contributed by atoms with Crippen molar-refractivity contribution in [3.8, 4) is 5.88 Å². The lowest BCUT2D eigenvalue weighted by Gasteiger charge is -2.22. The third kappa shape index (κ3) is 3.42. The van der Waals surface area contributed by atoms with Gasteiger partial charge in [0.1, 0.15) is 12.4 Å². The maximum atomic E-state index is 6.16. The van der Waals surface area contributed by atoms with Gasteiger partial charge in [0.25, 0.3) is 0 Å². The smallest absolute Gasteiger partial charge is 0.216 e. The van der Waals surface area contributed by atoms with E-state index in [4.69, 9.17) is 10.5 Å². The van der Waals surface area contributed by atoms with Crippen molar-refractivity contribution in [2.24, 2.45) is 5.73 Å². The average molecular weight is 249 g/mol. The van der Waals surface area contributed by atoms with Crippen LogP contribution in [-0.2, 0) is 0 Å². The molecule has 2 rings (SSSR count). The first-order valence-corrected chi connectivity index (χ1v) is 6.91. The van der Waals surface area contributed by atoms with Crippen LogP contribution in [0.15, 0.2) is 12.4 Å². The lowest BCUT2D eigenvalue weighted by atomic mass is 10.1. The minimum absolute atomic E-state index is 0.0995. The number of aromatic nitrogens is 2. The summed E-state index contributed by atoms with van der Waals surface area (Å²) >= 11 is 0. The predicted octanol–water partition coefficient (Wildman–Crippen LogP) is 2.64. The molecular weight excluding hydrogens is 226 g/mol. The van der Waals surface area contributed by atoms with Crippen LogP contribution in [0, 0.1) is 0 Å². The molecule has 1 fully saturated rings. The van der Waals surface area contributed by atoms with Crippen LogP contribution in [0.2, 0.25) is 0 Å². The second-order valence-corrected chi connectivity index (χ2v) is 5.39. The molecule has 0 radical (unpaired) electrons. The minimum atomic E-state index is 0.0995. The van der Waals surface area contributed by atoms with Gasteiger partial charge in [-0.2, -0.15) is 0 Å². The van der Waals surface area contributed by atoms with Gasteiger partial charge in [0.05, 0.1) is 5.69 Å². The lowest BCUT2D eigenvalue weighted by molar-refractivity contribution is 0.155. The number of nitrogens with zero attached hydrogens (tertiary/aromatic N) is 2.